The van der Waals surface area contributed by atoms with E-state index in [4.69, 9.17) is 0 Å². The fourth-order valence-electron chi connectivity index (χ4n) is 1.42. The number of aromatic nitrogens is 2. The van der Waals surface area contributed by atoms with E-state index in [1.807, 2.05) is 19.9 Å². The summed E-state index contributed by atoms with van der Waals surface area (Å²) in [4.78, 5) is 7.10. The van der Waals surface area contributed by atoms with Gasteiger partial charge >= 0.3 is 0 Å². The molecule has 3 nitrogen and oxygen atoms in total. The summed E-state index contributed by atoms with van der Waals surface area (Å²) in [5.74, 6) is 0.373. The number of imidazole rings is 1. The van der Waals surface area contributed by atoms with Gasteiger partial charge in [0.1, 0.15) is 5.82 Å². The van der Waals surface area contributed by atoms with Crippen molar-refractivity contribution in [1.82, 2.24) is 9.97 Å². The Hall–Kier alpha value is -1.84. The minimum absolute atomic E-state index is 0.249. The van der Waals surface area contributed by atoms with Crippen LogP contribution in [0.1, 0.15) is 11.3 Å². The van der Waals surface area contributed by atoms with Gasteiger partial charge in [-0.3, -0.25) is 0 Å². The quantitative estimate of drug-likeness (QED) is 0.791. The highest BCUT2D eigenvalue weighted by Gasteiger charge is 2.00. The molecule has 15 heavy (non-hydrogen) atoms. The van der Waals surface area contributed by atoms with E-state index in [0.29, 0.717) is 11.6 Å². The normalized spacial score (nSPS) is 10.3. The first kappa shape index (κ1) is 9.71. The SMILES string of the molecule is Cc1cc(F)cc(Nc2ncc(C)[nH]2)c1. The lowest BCUT2D eigenvalue weighted by Crippen LogP contribution is -1.93. The van der Waals surface area contributed by atoms with Crippen molar-refractivity contribution in [2.75, 3.05) is 5.32 Å². The van der Waals surface area contributed by atoms with Gasteiger partial charge in [-0.25, -0.2) is 9.37 Å². The topological polar surface area (TPSA) is 40.7 Å². The minimum atomic E-state index is -0.249. The van der Waals surface area contributed by atoms with E-state index in [1.165, 1.54) is 12.1 Å². The molecule has 1 aromatic heterocycles. The Morgan fingerprint density at radius 2 is 2.07 bits per heavy atom. The van der Waals surface area contributed by atoms with Gasteiger partial charge in [0.25, 0.3) is 0 Å². The summed E-state index contributed by atoms with van der Waals surface area (Å²) in [6.45, 7) is 3.76. The number of nitrogens with zero attached hydrogens (tertiary/aromatic N) is 1. The second kappa shape index (κ2) is 3.73. The lowest BCUT2D eigenvalue weighted by Gasteiger charge is -2.04. The molecule has 1 aromatic carbocycles. The Balaban J connectivity index is 2.24. The molecular weight excluding hydrogens is 193 g/mol. The molecule has 0 unspecified atom stereocenters. The molecule has 2 aromatic rings. The first-order chi connectivity index (χ1) is 7.13. The summed E-state index contributed by atoms with van der Waals surface area (Å²) >= 11 is 0. The summed E-state index contributed by atoms with van der Waals surface area (Å²) in [7, 11) is 0. The van der Waals surface area contributed by atoms with Crippen LogP contribution in [0, 0.1) is 19.7 Å². The molecule has 78 valence electrons. The van der Waals surface area contributed by atoms with Crippen molar-refractivity contribution in [2.24, 2.45) is 0 Å². The van der Waals surface area contributed by atoms with Crippen LogP contribution >= 0.6 is 0 Å². The highest BCUT2D eigenvalue weighted by molar-refractivity contribution is 5.54. The van der Waals surface area contributed by atoms with Gasteiger partial charge in [0, 0.05) is 17.6 Å². The zero-order chi connectivity index (χ0) is 10.8. The van der Waals surface area contributed by atoms with E-state index < -0.39 is 0 Å². The van der Waals surface area contributed by atoms with Crippen LogP contribution in [0.4, 0.5) is 16.0 Å². The van der Waals surface area contributed by atoms with Crippen LogP contribution in [0.5, 0.6) is 0 Å². The molecule has 0 spiro atoms. The molecule has 0 fully saturated rings. The third kappa shape index (κ3) is 2.34. The van der Waals surface area contributed by atoms with Crippen LogP contribution in [0.2, 0.25) is 0 Å². The van der Waals surface area contributed by atoms with E-state index in [-0.39, 0.29) is 5.82 Å². The van der Waals surface area contributed by atoms with E-state index >= 15 is 0 Å². The third-order valence-electron chi connectivity index (χ3n) is 2.01. The average Bonchev–Trinajstić information content (AvgIpc) is 2.49. The van der Waals surface area contributed by atoms with Crippen molar-refractivity contribution in [3.05, 3.63) is 41.5 Å². The number of benzene rings is 1. The van der Waals surface area contributed by atoms with Gasteiger partial charge < -0.3 is 10.3 Å². The molecule has 0 saturated carbocycles. The Morgan fingerprint density at radius 1 is 1.27 bits per heavy atom. The molecule has 2 rings (SSSR count). The summed E-state index contributed by atoms with van der Waals surface area (Å²) < 4.78 is 13.1. The Kier molecular flexibility index (Phi) is 2.41. The van der Waals surface area contributed by atoms with Crippen molar-refractivity contribution in [3.8, 4) is 0 Å². The number of anilines is 2. The van der Waals surface area contributed by atoms with Crippen molar-refractivity contribution in [1.29, 1.82) is 0 Å². The van der Waals surface area contributed by atoms with Gasteiger partial charge in [0.2, 0.25) is 5.95 Å². The van der Waals surface area contributed by atoms with Crippen LogP contribution in [0.25, 0.3) is 0 Å². The smallest absolute Gasteiger partial charge is 0.204 e. The fourth-order valence-corrected chi connectivity index (χ4v) is 1.42. The number of aryl methyl sites for hydroxylation is 2. The number of rotatable bonds is 2. The van der Waals surface area contributed by atoms with Crippen LogP contribution in [0.15, 0.2) is 24.4 Å². The average molecular weight is 205 g/mol. The lowest BCUT2D eigenvalue weighted by molar-refractivity contribution is 0.627. The van der Waals surface area contributed by atoms with Crippen molar-refractivity contribution in [2.45, 2.75) is 13.8 Å². The second-order valence-electron chi connectivity index (χ2n) is 3.56. The second-order valence-corrected chi connectivity index (χ2v) is 3.56. The summed E-state index contributed by atoms with van der Waals surface area (Å²) in [6, 6.07) is 4.78. The van der Waals surface area contributed by atoms with Gasteiger partial charge in [-0.15, -0.1) is 0 Å². The van der Waals surface area contributed by atoms with Gasteiger partial charge in [0.05, 0.1) is 0 Å². The van der Waals surface area contributed by atoms with E-state index in [9.17, 15) is 4.39 Å². The molecule has 0 bridgehead atoms. The first-order valence-corrected chi connectivity index (χ1v) is 4.69. The zero-order valence-corrected chi connectivity index (χ0v) is 8.63. The first-order valence-electron chi connectivity index (χ1n) is 4.69. The molecule has 0 aliphatic rings. The Morgan fingerprint density at radius 3 is 2.67 bits per heavy atom. The number of hydrogen-bond donors (Lipinski definition) is 2. The lowest BCUT2D eigenvalue weighted by atomic mass is 10.2. The van der Waals surface area contributed by atoms with E-state index in [0.717, 1.165) is 11.3 Å². The maximum Gasteiger partial charge on any atom is 0.204 e. The minimum Gasteiger partial charge on any atom is -0.328 e. The molecule has 4 heteroatoms. The van der Waals surface area contributed by atoms with Gasteiger partial charge in [0.15, 0.2) is 0 Å². The van der Waals surface area contributed by atoms with Gasteiger partial charge in [-0.1, -0.05) is 0 Å². The Bertz CT molecular complexity index is 456. The predicted molar refractivity (Wildman–Crippen MR) is 57.7 cm³/mol. The van der Waals surface area contributed by atoms with Gasteiger partial charge in [-0.05, 0) is 37.6 Å². The number of aromatic amines is 1. The van der Waals surface area contributed by atoms with E-state index in [2.05, 4.69) is 15.3 Å². The van der Waals surface area contributed by atoms with Crippen molar-refractivity contribution in [3.63, 3.8) is 0 Å². The maximum atomic E-state index is 13.1. The predicted octanol–water partition coefficient (Wildman–Crippen LogP) is 2.91. The number of hydrogen-bond acceptors (Lipinski definition) is 2. The summed E-state index contributed by atoms with van der Waals surface area (Å²) in [5.41, 5.74) is 2.54. The van der Waals surface area contributed by atoms with Crippen LogP contribution in [-0.4, -0.2) is 9.97 Å². The van der Waals surface area contributed by atoms with E-state index in [1.54, 1.807) is 6.20 Å². The highest BCUT2D eigenvalue weighted by atomic mass is 19.1. The third-order valence-corrected chi connectivity index (χ3v) is 2.01. The number of halogens is 1. The van der Waals surface area contributed by atoms with Crippen molar-refractivity contribution < 1.29 is 4.39 Å². The molecule has 0 atom stereocenters. The highest BCUT2D eigenvalue weighted by Crippen LogP contribution is 2.16. The van der Waals surface area contributed by atoms with Crippen LogP contribution in [0.3, 0.4) is 0 Å². The summed E-state index contributed by atoms with van der Waals surface area (Å²) in [5, 5.41) is 3.00. The maximum absolute atomic E-state index is 13.1. The van der Waals surface area contributed by atoms with Crippen LogP contribution < -0.4 is 5.32 Å². The summed E-state index contributed by atoms with van der Waals surface area (Å²) in [6.07, 6.45) is 1.72. The molecule has 0 saturated heterocycles. The molecule has 0 amide bonds. The zero-order valence-electron chi connectivity index (χ0n) is 8.63. The molecule has 0 aliphatic heterocycles. The standard InChI is InChI=1S/C11H12FN3/c1-7-3-9(12)5-10(4-7)15-11-13-6-8(2)14-11/h3-6H,1-2H3,(H2,13,14,15). The molecule has 1 heterocycles. The van der Waals surface area contributed by atoms with Crippen LogP contribution in [-0.2, 0) is 0 Å². The molecular formula is C11H12FN3. The fraction of sp³-hybridized carbons (Fsp3) is 0.182. The Labute approximate surface area is 87.4 Å². The number of H-pyrrole nitrogens is 1. The molecule has 2 N–H and O–H groups in total. The number of nitrogens with one attached hydrogen (secondary N) is 2. The monoisotopic (exact) mass is 205 g/mol. The largest absolute Gasteiger partial charge is 0.328 e. The molecule has 0 radical (unpaired) electrons. The van der Waals surface area contributed by atoms with Crippen molar-refractivity contribution >= 4 is 11.6 Å². The van der Waals surface area contributed by atoms with Gasteiger partial charge in [-0.2, -0.15) is 0 Å². The molecule has 0 aliphatic carbocycles.